The maximum Gasteiger partial charge on any atom is 0.137 e. The van der Waals surface area contributed by atoms with Gasteiger partial charge in [-0.15, -0.1) is 0 Å². The number of nitrogens with zero attached hydrogens (tertiary/aromatic N) is 2. The van der Waals surface area contributed by atoms with Crippen molar-refractivity contribution in [3.63, 3.8) is 0 Å². The molecular formula is C9H10ClN3. The summed E-state index contributed by atoms with van der Waals surface area (Å²) in [5, 5.41) is 0.609. The minimum Gasteiger partial charge on any atom is -0.324 e. The van der Waals surface area contributed by atoms with Gasteiger partial charge in [-0.25, -0.2) is 4.98 Å². The molecule has 0 aliphatic heterocycles. The van der Waals surface area contributed by atoms with E-state index in [1.807, 2.05) is 29.7 Å². The molecule has 0 aromatic carbocycles. The highest BCUT2D eigenvalue weighted by molar-refractivity contribution is 6.29. The molecule has 0 amide bonds. The zero-order chi connectivity index (χ0) is 9.42. The molecule has 0 saturated carbocycles. The smallest absolute Gasteiger partial charge is 0.137 e. The third-order valence-corrected chi connectivity index (χ3v) is 2.29. The number of pyridine rings is 1. The molecule has 0 aliphatic carbocycles. The zero-order valence-electron chi connectivity index (χ0n) is 7.24. The van der Waals surface area contributed by atoms with Crippen LogP contribution in [0.1, 0.15) is 18.5 Å². The number of fused-ring (bicyclic) bond motifs is 1. The molecule has 0 fully saturated rings. The standard InChI is InChI=1S/C9H10ClN3/c1-6(11)7-2-3-9-12-4-8(10)13(9)5-7/h2-6H,11H2,1H3. The Bertz CT molecular complexity index is 433. The van der Waals surface area contributed by atoms with E-state index in [9.17, 15) is 0 Å². The van der Waals surface area contributed by atoms with Crippen LogP contribution in [-0.2, 0) is 0 Å². The van der Waals surface area contributed by atoms with Crippen LogP contribution in [0.25, 0.3) is 5.65 Å². The number of nitrogens with two attached hydrogens (primary N) is 1. The average Bonchev–Trinajstić information content (AvgIpc) is 2.47. The van der Waals surface area contributed by atoms with Crippen LogP contribution in [-0.4, -0.2) is 9.38 Å². The van der Waals surface area contributed by atoms with Crippen LogP contribution in [0.2, 0.25) is 5.15 Å². The summed E-state index contributed by atoms with van der Waals surface area (Å²) < 4.78 is 1.82. The van der Waals surface area contributed by atoms with Crippen molar-refractivity contribution < 1.29 is 0 Å². The van der Waals surface area contributed by atoms with Crippen LogP contribution in [0.4, 0.5) is 0 Å². The summed E-state index contributed by atoms with van der Waals surface area (Å²) in [7, 11) is 0. The Morgan fingerprint density at radius 1 is 1.54 bits per heavy atom. The molecular weight excluding hydrogens is 186 g/mol. The Morgan fingerprint density at radius 3 is 3.00 bits per heavy atom. The van der Waals surface area contributed by atoms with Gasteiger partial charge in [0.15, 0.2) is 0 Å². The molecule has 0 radical (unpaired) electrons. The quantitative estimate of drug-likeness (QED) is 0.757. The third-order valence-electron chi connectivity index (χ3n) is 2.01. The molecule has 1 unspecified atom stereocenters. The summed E-state index contributed by atoms with van der Waals surface area (Å²) >= 11 is 5.91. The summed E-state index contributed by atoms with van der Waals surface area (Å²) in [6, 6.07) is 3.89. The van der Waals surface area contributed by atoms with Gasteiger partial charge in [-0.05, 0) is 18.6 Å². The lowest BCUT2D eigenvalue weighted by Gasteiger charge is -2.05. The van der Waals surface area contributed by atoms with E-state index >= 15 is 0 Å². The monoisotopic (exact) mass is 195 g/mol. The first-order chi connectivity index (χ1) is 6.18. The first-order valence-electron chi connectivity index (χ1n) is 4.06. The fourth-order valence-electron chi connectivity index (χ4n) is 1.24. The van der Waals surface area contributed by atoms with E-state index in [0.717, 1.165) is 11.2 Å². The normalized spacial score (nSPS) is 13.5. The largest absolute Gasteiger partial charge is 0.324 e. The van der Waals surface area contributed by atoms with E-state index in [1.54, 1.807) is 6.20 Å². The van der Waals surface area contributed by atoms with E-state index < -0.39 is 0 Å². The lowest BCUT2D eigenvalue weighted by atomic mass is 10.2. The van der Waals surface area contributed by atoms with Crippen LogP contribution >= 0.6 is 11.6 Å². The first kappa shape index (κ1) is 8.53. The van der Waals surface area contributed by atoms with Crippen molar-refractivity contribution in [1.82, 2.24) is 9.38 Å². The summed E-state index contributed by atoms with van der Waals surface area (Å²) in [4.78, 5) is 4.11. The lowest BCUT2D eigenvalue weighted by molar-refractivity contribution is 0.808. The van der Waals surface area contributed by atoms with Gasteiger partial charge < -0.3 is 5.73 Å². The molecule has 1 atom stereocenters. The Hall–Kier alpha value is -1.06. The van der Waals surface area contributed by atoms with Gasteiger partial charge in [-0.2, -0.15) is 0 Å². The maximum atomic E-state index is 5.91. The summed E-state index contributed by atoms with van der Waals surface area (Å²) in [5.41, 5.74) is 7.64. The predicted octanol–water partition coefficient (Wildman–Crippen LogP) is 2.01. The molecule has 2 rings (SSSR count). The fourth-order valence-corrected chi connectivity index (χ4v) is 1.42. The van der Waals surface area contributed by atoms with Crippen LogP contribution < -0.4 is 5.73 Å². The van der Waals surface area contributed by atoms with Gasteiger partial charge in [0.2, 0.25) is 0 Å². The van der Waals surface area contributed by atoms with Crippen molar-refractivity contribution in [3.8, 4) is 0 Å². The molecule has 0 bridgehead atoms. The van der Waals surface area contributed by atoms with E-state index in [2.05, 4.69) is 4.98 Å². The molecule has 2 aromatic heterocycles. The van der Waals surface area contributed by atoms with Gasteiger partial charge >= 0.3 is 0 Å². The SMILES string of the molecule is CC(N)c1ccc2ncc(Cl)n2c1. The van der Waals surface area contributed by atoms with Crippen molar-refractivity contribution in [1.29, 1.82) is 0 Å². The molecule has 4 heteroatoms. The first-order valence-corrected chi connectivity index (χ1v) is 4.44. The summed E-state index contributed by atoms with van der Waals surface area (Å²) in [6.45, 7) is 1.94. The molecule has 13 heavy (non-hydrogen) atoms. The topological polar surface area (TPSA) is 43.3 Å². The second-order valence-corrected chi connectivity index (χ2v) is 3.45. The van der Waals surface area contributed by atoms with Gasteiger partial charge in [0.1, 0.15) is 10.8 Å². The van der Waals surface area contributed by atoms with Crippen LogP contribution in [0.15, 0.2) is 24.5 Å². The number of rotatable bonds is 1. The highest BCUT2D eigenvalue weighted by Crippen LogP contribution is 2.16. The Labute approximate surface area is 81.1 Å². The molecule has 2 heterocycles. The van der Waals surface area contributed by atoms with Gasteiger partial charge in [0, 0.05) is 12.2 Å². The highest BCUT2D eigenvalue weighted by atomic mass is 35.5. The molecule has 0 spiro atoms. The third kappa shape index (κ3) is 1.41. The molecule has 2 N–H and O–H groups in total. The minimum absolute atomic E-state index is 0.0165. The number of aromatic nitrogens is 2. The van der Waals surface area contributed by atoms with Gasteiger partial charge in [-0.3, -0.25) is 4.40 Å². The molecule has 68 valence electrons. The van der Waals surface area contributed by atoms with Crippen molar-refractivity contribution >= 4 is 17.2 Å². The van der Waals surface area contributed by atoms with Crippen molar-refractivity contribution in [2.75, 3.05) is 0 Å². The van der Waals surface area contributed by atoms with E-state index in [0.29, 0.717) is 5.15 Å². The number of hydrogen-bond acceptors (Lipinski definition) is 2. The van der Waals surface area contributed by atoms with Crippen molar-refractivity contribution in [3.05, 3.63) is 35.2 Å². The van der Waals surface area contributed by atoms with E-state index in [-0.39, 0.29) is 6.04 Å². The van der Waals surface area contributed by atoms with E-state index in [1.165, 1.54) is 0 Å². The zero-order valence-corrected chi connectivity index (χ0v) is 7.99. The molecule has 3 nitrogen and oxygen atoms in total. The molecule has 0 aliphatic rings. The van der Waals surface area contributed by atoms with Crippen molar-refractivity contribution in [2.45, 2.75) is 13.0 Å². The number of imidazole rings is 1. The Balaban J connectivity index is 2.66. The highest BCUT2D eigenvalue weighted by Gasteiger charge is 2.03. The maximum absolute atomic E-state index is 5.91. The van der Waals surface area contributed by atoms with Gasteiger partial charge in [0.25, 0.3) is 0 Å². The minimum atomic E-state index is 0.0165. The number of hydrogen-bond donors (Lipinski definition) is 1. The van der Waals surface area contributed by atoms with Gasteiger partial charge in [-0.1, -0.05) is 17.7 Å². The van der Waals surface area contributed by atoms with E-state index in [4.69, 9.17) is 17.3 Å². The number of halogens is 1. The predicted molar refractivity (Wildman–Crippen MR) is 52.8 cm³/mol. The van der Waals surface area contributed by atoms with Crippen LogP contribution in [0.5, 0.6) is 0 Å². The fraction of sp³-hybridized carbons (Fsp3) is 0.222. The lowest BCUT2D eigenvalue weighted by Crippen LogP contribution is -2.05. The van der Waals surface area contributed by atoms with Gasteiger partial charge in [0.05, 0.1) is 6.20 Å². The van der Waals surface area contributed by atoms with Crippen LogP contribution in [0.3, 0.4) is 0 Å². The van der Waals surface area contributed by atoms with Crippen molar-refractivity contribution in [2.24, 2.45) is 5.73 Å². The molecule has 2 aromatic rings. The average molecular weight is 196 g/mol. The second kappa shape index (κ2) is 3.01. The Morgan fingerprint density at radius 2 is 2.31 bits per heavy atom. The van der Waals surface area contributed by atoms with Crippen LogP contribution in [0, 0.1) is 0 Å². The Kier molecular flexibility index (Phi) is 1.98. The second-order valence-electron chi connectivity index (χ2n) is 3.06. The molecule has 0 saturated heterocycles. The summed E-state index contributed by atoms with van der Waals surface area (Å²) in [5.74, 6) is 0. The summed E-state index contributed by atoms with van der Waals surface area (Å²) in [6.07, 6.45) is 3.54.